The van der Waals surface area contributed by atoms with Crippen LogP contribution in [0.5, 0.6) is 0 Å². The second-order valence-corrected chi connectivity index (χ2v) is 21.7. The zero-order chi connectivity index (χ0) is 46.2. The average Bonchev–Trinajstić information content (AvgIpc) is 3.24. The first-order chi connectivity index (χ1) is 30.6. The van der Waals surface area contributed by atoms with Crippen LogP contribution in [0.25, 0.3) is 0 Å². The third-order valence-corrected chi connectivity index (χ3v) is 13.6. The summed E-state index contributed by atoms with van der Waals surface area (Å²) in [6.07, 6.45) is 54.2. The van der Waals surface area contributed by atoms with Crippen LogP contribution in [0.4, 0.5) is 0 Å². The molecule has 0 amide bonds. The van der Waals surface area contributed by atoms with E-state index in [-0.39, 0.29) is 25.8 Å². The van der Waals surface area contributed by atoms with E-state index in [0.29, 0.717) is 24.1 Å². The molecule has 0 aliphatic heterocycles. The smallest absolute Gasteiger partial charge is 0.306 e. The summed E-state index contributed by atoms with van der Waals surface area (Å²) in [5, 5.41) is 0. The van der Waals surface area contributed by atoms with Crippen LogP contribution in [0.2, 0.25) is 0 Å². The van der Waals surface area contributed by atoms with Gasteiger partial charge in [0.05, 0.1) is 34.4 Å². The van der Waals surface area contributed by atoms with Crippen molar-refractivity contribution in [2.75, 3.05) is 54.1 Å². The molecule has 0 aromatic rings. The number of hydrogen-bond donors (Lipinski definition) is 0. The molecule has 63 heavy (non-hydrogen) atoms. The van der Waals surface area contributed by atoms with Gasteiger partial charge in [-0.1, -0.05) is 264 Å². The summed E-state index contributed by atoms with van der Waals surface area (Å²) in [4.78, 5) is 25.2. The first kappa shape index (κ1) is 62.5. The van der Waals surface area contributed by atoms with Gasteiger partial charge in [0.1, 0.15) is 19.3 Å². The Kier molecular flexibility index (Phi) is 47.6. The summed E-state index contributed by atoms with van der Waals surface area (Å²) in [5.41, 5.74) is 0. The monoisotopic (exact) mass is 916 g/mol. The van der Waals surface area contributed by atoms with Gasteiger partial charge in [-0.3, -0.25) is 9.36 Å². The molecule has 0 rings (SSSR count). The molecule has 2 atom stereocenters. The highest BCUT2D eigenvalue weighted by Gasteiger charge is 2.20. The standard InChI is InChI=1S/C54H110NO7P/c1-6-8-10-12-14-16-18-20-22-24-26-27-28-29-31-33-35-37-39-41-43-45-47-54(56)62-53(52-61-63(57,58)60-50-48-55(3,4)5)51-59-49-46-44-42-40-38-36-34-32-30-25-23-21-19-17-15-13-11-9-7-2/h53H,6-52H2,1-5H3. The maximum atomic E-state index is 12.8. The van der Waals surface area contributed by atoms with Crippen molar-refractivity contribution in [1.29, 1.82) is 0 Å². The Hall–Kier alpha value is -0.500. The lowest BCUT2D eigenvalue weighted by Crippen LogP contribution is -2.37. The number of unbranched alkanes of at least 4 members (excludes halogenated alkanes) is 39. The molecule has 0 heterocycles. The van der Waals surface area contributed by atoms with Crippen LogP contribution in [0, 0.1) is 0 Å². The number of carbonyl (C=O) groups is 1. The molecule has 378 valence electrons. The van der Waals surface area contributed by atoms with Crippen LogP contribution in [0.3, 0.4) is 0 Å². The van der Waals surface area contributed by atoms with Crippen LogP contribution >= 0.6 is 7.82 Å². The Balaban J connectivity index is 4.03. The normalized spacial score (nSPS) is 13.4. The number of carbonyl (C=O) groups excluding carboxylic acids is 1. The second-order valence-electron chi connectivity index (χ2n) is 20.3. The van der Waals surface area contributed by atoms with E-state index in [1.165, 1.54) is 231 Å². The van der Waals surface area contributed by atoms with Gasteiger partial charge in [0, 0.05) is 13.0 Å². The number of phosphoric ester groups is 1. The van der Waals surface area contributed by atoms with E-state index in [1.54, 1.807) is 0 Å². The average molecular weight is 916 g/mol. The minimum Gasteiger partial charge on any atom is -0.756 e. The van der Waals surface area contributed by atoms with E-state index in [0.717, 1.165) is 32.1 Å². The van der Waals surface area contributed by atoms with Crippen LogP contribution < -0.4 is 4.89 Å². The molecule has 0 aromatic heterocycles. The van der Waals surface area contributed by atoms with Crippen molar-refractivity contribution in [2.45, 2.75) is 290 Å². The predicted molar refractivity (Wildman–Crippen MR) is 268 cm³/mol. The summed E-state index contributed by atoms with van der Waals surface area (Å²) >= 11 is 0. The van der Waals surface area contributed by atoms with Gasteiger partial charge in [0.25, 0.3) is 7.82 Å². The molecular formula is C54H110NO7P. The van der Waals surface area contributed by atoms with Gasteiger partial charge in [-0.15, -0.1) is 0 Å². The zero-order valence-electron chi connectivity index (χ0n) is 43.1. The highest BCUT2D eigenvalue weighted by molar-refractivity contribution is 7.45. The minimum absolute atomic E-state index is 0.0319. The van der Waals surface area contributed by atoms with Crippen molar-refractivity contribution < 1.29 is 37.3 Å². The van der Waals surface area contributed by atoms with E-state index < -0.39 is 13.9 Å². The Bertz CT molecular complexity index is 976. The van der Waals surface area contributed by atoms with Crippen molar-refractivity contribution in [3.8, 4) is 0 Å². The molecule has 0 bridgehead atoms. The van der Waals surface area contributed by atoms with Gasteiger partial charge < -0.3 is 27.9 Å². The highest BCUT2D eigenvalue weighted by Crippen LogP contribution is 2.38. The Morgan fingerprint density at radius 1 is 0.429 bits per heavy atom. The van der Waals surface area contributed by atoms with Crippen LogP contribution in [0.15, 0.2) is 0 Å². The fourth-order valence-electron chi connectivity index (χ4n) is 8.37. The number of rotatable bonds is 53. The van der Waals surface area contributed by atoms with Crippen LogP contribution in [-0.2, 0) is 27.9 Å². The van der Waals surface area contributed by atoms with Crippen molar-refractivity contribution >= 4 is 13.8 Å². The van der Waals surface area contributed by atoms with E-state index in [1.807, 2.05) is 21.1 Å². The number of hydrogen-bond acceptors (Lipinski definition) is 7. The Labute approximate surface area is 393 Å². The first-order valence-electron chi connectivity index (χ1n) is 27.8. The molecule has 2 unspecified atom stereocenters. The topological polar surface area (TPSA) is 94.1 Å². The highest BCUT2D eigenvalue weighted by atomic mass is 31.2. The summed E-state index contributed by atoms with van der Waals surface area (Å²) in [5.74, 6) is -0.324. The van der Waals surface area contributed by atoms with Crippen molar-refractivity contribution in [3.05, 3.63) is 0 Å². The van der Waals surface area contributed by atoms with Gasteiger partial charge in [-0.05, 0) is 12.8 Å². The molecule has 0 aliphatic carbocycles. The fraction of sp³-hybridized carbons (Fsp3) is 0.981. The summed E-state index contributed by atoms with van der Waals surface area (Å²) in [6, 6.07) is 0. The van der Waals surface area contributed by atoms with Crippen molar-refractivity contribution in [2.24, 2.45) is 0 Å². The van der Waals surface area contributed by atoms with E-state index in [9.17, 15) is 14.3 Å². The lowest BCUT2D eigenvalue weighted by atomic mass is 10.0. The van der Waals surface area contributed by atoms with Crippen molar-refractivity contribution in [1.82, 2.24) is 0 Å². The number of phosphoric acid groups is 1. The molecule has 0 radical (unpaired) electrons. The SMILES string of the molecule is CCCCCCCCCCCCCCCCCCCCCCCCC(=O)OC(COCCCCCCCCCCCCCCCCCCCCC)COP(=O)([O-])OCC[N+](C)(C)C. The predicted octanol–water partition coefficient (Wildman–Crippen LogP) is 16.5. The molecule has 0 saturated heterocycles. The third-order valence-electron chi connectivity index (χ3n) is 12.7. The summed E-state index contributed by atoms with van der Waals surface area (Å²) in [6.45, 7) is 5.51. The molecule has 0 fully saturated rings. The van der Waals surface area contributed by atoms with E-state index in [2.05, 4.69) is 13.8 Å². The van der Waals surface area contributed by atoms with Gasteiger partial charge in [0.2, 0.25) is 0 Å². The first-order valence-corrected chi connectivity index (χ1v) is 29.2. The number of likely N-dealkylation sites (N-methyl/N-ethyl adjacent to an activating group) is 1. The van der Waals surface area contributed by atoms with E-state index >= 15 is 0 Å². The molecular weight excluding hydrogens is 806 g/mol. The Morgan fingerprint density at radius 3 is 1.05 bits per heavy atom. The number of quaternary nitrogens is 1. The van der Waals surface area contributed by atoms with Crippen LogP contribution in [0.1, 0.15) is 284 Å². The largest absolute Gasteiger partial charge is 0.756 e. The molecule has 0 saturated carbocycles. The van der Waals surface area contributed by atoms with Gasteiger partial charge in [-0.2, -0.15) is 0 Å². The van der Waals surface area contributed by atoms with Gasteiger partial charge in [0.15, 0.2) is 0 Å². The molecule has 0 aromatic carbocycles. The lowest BCUT2D eigenvalue weighted by Gasteiger charge is -2.28. The number of nitrogens with zero attached hydrogens (tertiary/aromatic N) is 1. The van der Waals surface area contributed by atoms with E-state index in [4.69, 9.17) is 18.5 Å². The molecule has 0 aliphatic rings. The number of esters is 1. The minimum atomic E-state index is -4.52. The van der Waals surface area contributed by atoms with Crippen LogP contribution in [-0.4, -0.2) is 70.7 Å². The zero-order valence-corrected chi connectivity index (χ0v) is 44.0. The number of ether oxygens (including phenoxy) is 2. The lowest BCUT2D eigenvalue weighted by molar-refractivity contribution is -0.870. The summed E-state index contributed by atoms with van der Waals surface area (Å²) in [7, 11) is 1.38. The molecule has 0 spiro atoms. The maximum Gasteiger partial charge on any atom is 0.306 e. The fourth-order valence-corrected chi connectivity index (χ4v) is 9.10. The molecule has 9 heteroatoms. The Morgan fingerprint density at radius 2 is 0.730 bits per heavy atom. The molecule has 8 nitrogen and oxygen atoms in total. The molecule has 0 N–H and O–H groups in total. The van der Waals surface area contributed by atoms with Gasteiger partial charge in [-0.25, -0.2) is 0 Å². The maximum absolute atomic E-state index is 12.8. The quantitative estimate of drug-likeness (QED) is 0.0260. The van der Waals surface area contributed by atoms with Gasteiger partial charge >= 0.3 is 5.97 Å². The second kappa shape index (κ2) is 48.0. The van der Waals surface area contributed by atoms with Crippen molar-refractivity contribution in [3.63, 3.8) is 0 Å². The third kappa shape index (κ3) is 52.3. The summed E-state index contributed by atoms with van der Waals surface area (Å²) < 4.78 is 34.8.